The molecular formula is C17H14N4O3S. The molecule has 1 heterocycles. The summed E-state index contributed by atoms with van der Waals surface area (Å²) in [6.07, 6.45) is 0.0122. The Bertz CT molecular complexity index is 977. The quantitative estimate of drug-likeness (QED) is 0.897. The molecule has 1 unspecified atom stereocenters. The lowest BCUT2D eigenvalue weighted by atomic mass is 9.94. The number of sulfonamides is 1. The minimum atomic E-state index is -3.81. The van der Waals surface area contributed by atoms with Crippen molar-refractivity contribution in [3.05, 3.63) is 60.2 Å². The van der Waals surface area contributed by atoms with Crippen LogP contribution in [0, 0.1) is 17.2 Å². The number of hydrazone groups is 1. The molecule has 0 saturated carbocycles. The van der Waals surface area contributed by atoms with Gasteiger partial charge in [-0.15, -0.1) is 0 Å². The number of rotatable bonds is 4. The zero-order valence-electron chi connectivity index (χ0n) is 13.0. The normalized spacial score (nSPS) is 17.3. The Morgan fingerprint density at radius 1 is 1.12 bits per heavy atom. The van der Waals surface area contributed by atoms with Crippen molar-refractivity contribution < 1.29 is 13.2 Å². The van der Waals surface area contributed by atoms with Crippen molar-refractivity contribution in [2.24, 2.45) is 16.2 Å². The summed E-state index contributed by atoms with van der Waals surface area (Å²) in [4.78, 5) is 12.6. The molecule has 0 fully saturated rings. The number of nitrogens with zero attached hydrogens (tertiary/aromatic N) is 3. The minimum absolute atomic E-state index is 0.0122. The number of carbonyl (C=O) groups is 1. The van der Waals surface area contributed by atoms with E-state index in [0.717, 1.165) is 5.56 Å². The van der Waals surface area contributed by atoms with Gasteiger partial charge in [-0.2, -0.15) is 15.4 Å². The van der Waals surface area contributed by atoms with Crippen LogP contribution in [-0.2, 0) is 14.8 Å². The Morgan fingerprint density at radius 3 is 2.32 bits per heavy atom. The molecule has 1 atom stereocenters. The van der Waals surface area contributed by atoms with Crippen LogP contribution in [0.25, 0.3) is 0 Å². The molecule has 0 bridgehead atoms. The summed E-state index contributed by atoms with van der Waals surface area (Å²) in [6, 6.07) is 16.7. The molecule has 0 saturated heterocycles. The highest BCUT2D eigenvalue weighted by molar-refractivity contribution is 7.89. The molecule has 2 aromatic carbocycles. The van der Waals surface area contributed by atoms with Gasteiger partial charge in [-0.05, 0) is 29.8 Å². The standard InChI is InChI=1S/C17H14N4O3S/c18-11-10-15-16(12-4-2-1-3-5-12)20-21(17(15)22)13-6-8-14(9-7-13)25(19,23)24/h1-9,15H,10H2,(H2,19,23,24). The predicted octanol–water partition coefficient (Wildman–Crippen LogP) is 1.61. The summed E-state index contributed by atoms with van der Waals surface area (Å²) in [5.74, 6) is -0.992. The first-order valence-electron chi connectivity index (χ1n) is 7.39. The zero-order valence-corrected chi connectivity index (χ0v) is 13.8. The Labute approximate surface area is 145 Å². The van der Waals surface area contributed by atoms with Crippen LogP contribution in [0.15, 0.2) is 64.6 Å². The molecule has 126 valence electrons. The fourth-order valence-electron chi connectivity index (χ4n) is 2.60. The van der Waals surface area contributed by atoms with Gasteiger partial charge in [0.1, 0.15) is 0 Å². The lowest BCUT2D eigenvalue weighted by Crippen LogP contribution is -2.27. The summed E-state index contributed by atoms with van der Waals surface area (Å²) in [5, 5.41) is 19.7. The molecule has 0 radical (unpaired) electrons. The van der Waals surface area contributed by atoms with Crippen LogP contribution in [-0.4, -0.2) is 20.0 Å². The Hall–Kier alpha value is -3.02. The van der Waals surface area contributed by atoms with Gasteiger partial charge >= 0.3 is 0 Å². The maximum absolute atomic E-state index is 12.7. The first kappa shape index (κ1) is 16.8. The van der Waals surface area contributed by atoms with Gasteiger partial charge in [-0.25, -0.2) is 13.6 Å². The van der Waals surface area contributed by atoms with Gasteiger partial charge in [0.15, 0.2) is 0 Å². The molecule has 1 aliphatic heterocycles. The smallest absolute Gasteiger partial charge is 0.257 e. The van der Waals surface area contributed by atoms with E-state index in [4.69, 9.17) is 10.4 Å². The average molecular weight is 354 g/mol. The number of nitriles is 1. The highest BCUT2D eigenvalue weighted by atomic mass is 32.2. The molecule has 7 nitrogen and oxygen atoms in total. The Morgan fingerprint density at radius 2 is 1.76 bits per heavy atom. The second-order valence-electron chi connectivity index (χ2n) is 5.46. The maximum Gasteiger partial charge on any atom is 0.257 e. The van der Waals surface area contributed by atoms with Gasteiger partial charge in [0.2, 0.25) is 10.0 Å². The lowest BCUT2D eigenvalue weighted by Gasteiger charge is -2.13. The minimum Gasteiger partial charge on any atom is -0.272 e. The van der Waals surface area contributed by atoms with Gasteiger partial charge in [0.25, 0.3) is 5.91 Å². The van der Waals surface area contributed by atoms with Crippen LogP contribution in [0.2, 0.25) is 0 Å². The number of anilines is 1. The first-order chi connectivity index (χ1) is 11.9. The van der Waals surface area contributed by atoms with Crippen molar-refractivity contribution in [2.75, 3.05) is 5.01 Å². The van der Waals surface area contributed by atoms with Crippen molar-refractivity contribution in [3.63, 3.8) is 0 Å². The summed E-state index contributed by atoms with van der Waals surface area (Å²) in [5.41, 5.74) is 1.69. The van der Waals surface area contributed by atoms with Crippen molar-refractivity contribution >= 4 is 27.3 Å². The van der Waals surface area contributed by atoms with E-state index in [2.05, 4.69) is 5.10 Å². The first-order valence-corrected chi connectivity index (χ1v) is 8.94. The lowest BCUT2D eigenvalue weighted by molar-refractivity contribution is -0.119. The molecule has 0 aliphatic carbocycles. The number of hydrogen-bond acceptors (Lipinski definition) is 5. The third-order valence-electron chi connectivity index (χ3n) is 3.82. The Balaban J connectivity index is 2.00. The molecule has 0 spiro atoms. The summed E-state index contributed by atoms with van der Waals surface area (Å²) in [6.45, 7) is 0. The molecule has 1 amide bonds. The summed E-state index contributed by atoms with van der Waals surface area (Å²) in [7, 11) is -3.81. The number of carbonyl (C=O) groups excluding carboxylic acids is 1. The molecule has 25 heavy (non-hydrogen) atoms. The van der Waals surface area contributed by atoms with Gasteiger partial charge in [0.05, 0.1) is 34.7 Å². The molecular weight excluding hydrogens is 340 g/mol. The van der Waals surface area contributed by atoms with Gasteiger partial charge < -0.3 is 0 Å². The summed E-state index contributed by atoms with van der Waals surface area (Å²) >= 11 is 0. The largest absolute Gasteiger partial charge is 0.272 e. The molecule has 3 rings (SSSR count). The van der Waals surface area contributed by atoms with E-state index >= 15 is 0 Å². The van der Waals surface area contributed by atoms with Crippen molar-refractivity contribution in [2.45, 2.75) is 11.3 Å². The second kappa shape index (κ2) is 6.47. The fraction of sp³-hybridized carbons (Fsp3) is 0.118. The van der Waals surface area contributed by atoms with Crippen molar-refractivity contribution in [3.8, 4) is 6.07 Å². The van der Waals surface area contributed by atoms with Gasteiger partial charge in [-0.3, -0.25) is 4.79 Å². The topological polar surface area (TPSA) is 117 Å². The van der Waals surface area contributed by atoms with E-state index in [-0.39, 0.29) is 17.2 Å². The van der Waals surface area contributed by atoms with Crippen LogP contribution in [0.3, 0.4) is 0 Å². The SMILES string of the molecule is N#CCC1C(=O)N(c2ccc(S(N)(=O)=O)cc2)N=C1c1ccccc1. The third kappa shape index (κ3) is 3.28. The monoisotopic (exact) mass is 354 g/mol. The molecule has 0 aromatic heterocycles. The van der Waals surface area contributed by atoms with Crippen LogP contribution < -0.4 is 10.1 Å². The van der Waals surface area contributed by atoms with Gasteiger partial charge in [0, 0.05) is 0 Å². The second-order valence-corrected chi connectivity index (χ2v) is 7.02. The number of hydrogen-bond donors (Lipinski definition) is 1. The van der Waals surface area contributed by atoms with Crippen LogP contribution >= 0.6 is 0 Å². The molecule has 2 aromatic rings. The molecule has 1 aliphatic rings. The van der Waals surface area contributed by atoms with Crippen LogP contribution in [0.1, 0.15) is 12.0 Å². The van der Waals surface area contributed by atoms with Crippen LogP contribution in [0.4, 0.5) is 5.69 Å². The van der Waals surface area contributed by atoms with E-state index in [1.807, 2.05) is 36.4 Å². The molecule has 2 N–H and O–H groups in total. The van der Waals surface area contributed by atoms with Gasteiger partial charge in [-0.1, -0.05) is 30.3 Å². The highest BCUT2D eigenvalue weighted by Crippen LogP contribution is 2.29. The number of benzene rings is 2. The Kier molecular flexibility index (Phi) is 4.35. The fourth-order valence-corrected chi connectivity index (χ4v) is 3.11. The van der Waals surface area contributed by atoms with E-state index in [0.29, 0.717) is 11.4 Å². The van der Waals surface area contributed by atoms with Crippen molar-refractivity contribution in [1.82, 2.24) is 0 Å². The molecule has 8 heteroatoms. The van der Waals surface area contributed by atoms with E-state index in [9.17, 15) is 13.2 Å². The van der Waals surface area contributed by atoms with E-state index < -0.39 is 15.9 Å². The van der Waals surface area contributed by atoms with Crippen molar-refractivity contribution in [1.29, 1.82) is 5.26 Å². The van der Waals surface area contributed by atoms with E-state index in [1.54, 1.807) is 0 Å². The van der Waals surface area contributed by atoms with Crippen LogP contribution in [0.5, 0.6) is 0 Å². The average Bonchev–Trinajstić information content (AvgIpc) is 2.92. The third-order valence-corrected chi connectivity index (χ3v) is 4.75. The number of primary sulfonamides is 1. The predicted molar refractivity (Wildman–Crippen MR) is 92.0 cm³/mol. The number of amides is 1. The zero-order chi connectivity index (χ0) is 18.0. The number of nitrogens with two attached hydrogens (primary N) is 1. The highest BCUT2D eigenvalue weighted by Gasteiger charge is 2.37. The van der Waals surface area contributed by atoms with E-state index in [1.165, 1.54) is 29.3 Å². The maximum atomic E-state index is 12.7. The summed E-state index contributed by atoms with van der Waals surface area (Å²) < 4.78 is 22.7.